The third kappa shape index (κ3) is 2.66. The van der Waals surface area contributed by atoms with Crippen LogP contribution in [-0.2, 0) is 4.79 Å². The van der Waals surface area contributed by atoms with Crippen LogP contribution in [0.3, 0.4) is 0 Å². The highest BCUT2D eigenvalue weighted by Gasteiger charge is 2.24. The van der Waals surface area contributed by atoms with E-state index in [0.29, 0.717) is 11.3 Å². The Balaban J connectivity index is 2.03. The molecule has 0 unspecified atom stereocenters. The minimum Gasteiger partial charge on any atom is -0.351 e. The van der Waals surface area contributed by atoms with Crippen molar-refractivity contribution in [1.82, 2.24) is 0 Å². The summed E-state index contributed by atoms with van der Waals surface area (Å²) in [4.78, 5) is 25.2. The van der Waals surface area contributed by atoms with Crippen molar-refractivity contribution in [3.63, 3.8) is 0 Å². The van der Waals surface area contributed by atoms with Crippen LogP contribution in [0.2, 0.25) is 0 Å². The lowest BCUT2D eigenvalue weighted by Crippen LogP contribution is -2.19. The number of primary amides is 1. The molecule has 21 heavy (non-hydrogen) atoms. The molecule has 1 aromatic heterocycles. The van der Waals surface area contributed by atoms with Crippen LogP contribution in [0, 0.1) is 6.92 Å². The highest BCUT2D eigenvalue weighted by Crippen LogP contribution is 2.35. The van der Waals surface area contributed by atoms with Gasteiger partial charge in [-0.05, 0) is 43.3 Å². The third-order valence-electron chi connectivity index (χ3n) is 3.12. The van der Waals surface area contributed by atoms with Crippen molar-refractivity contribution in [1.29, 1.82) is 0 Å². The predicted molar refractivity (Wildman–Crippen MR) is 85.2 cm³/mol. The molecule has 0 radical (unpaired) electrons. The van der Waals surface area contributed by atoms with Crippen LogP contribution in [0.15, 0.2) is 30.3 Å². The Labute approximate surface area is 125 Å². The lowest BCUT2D eigenvalue weighted by molar-refractivity contribution is -0.110. The third-order valence-corrected chi connectivity index (χ3v) is 4.07. The van der Waals surface area contributed by atoms with E-state index in [4.69, 9.17) is 5.73 Å². The number of fused-ring (bicyclic) bond motifs is 1. The number of amides is 3. The summed E-state index contributed by atoms with van der Waals surface area (Å²) in [6, 6.07) is 8.54. The second kappa shape index (κ2) is 5.06. The Kier molecular flexibility index (Phi) is 3.23. The number of hydrogen-bond donors (Lipinski definition) is 3. The highest BCUT2D eigenvalue weighted by atomic mass is 32.1. The molecular weight excluding hydrogens is 286 g/mol. The van der Waals surface area contributed by atoms with Crippen LogP contribution in [0.1, 0.15) is 15.3 Å². The topological polar surface area (TPSA) is 84.2 Å². The maximum absolute atomic E-state index is 12.1. The number of nitrogens with two attached hydrogens (primary N) is 1. The predicted octanol–water partition coefficient (Wildman–Crippen LogP) is 3.04. The molecule has 1 aliphatic rings. The van der Waals surface area contributed by atoms with Gasteiger partial charge in [0.1, 0.15) is 0 Å². The number of nitrogens with one attached hydrogen (secondary N) is 2. The van der Waals surface area contributed by atoms with Crippen LogP contribution >= 0.6 is 11.3 Å². The van der Waals surface area contributed by atoms with Crippen LogP contribution in [0.25, 0.3) is 11.6 Å². The van der Waals surface area contributed by atoms with Crippen molar-refractivity contribution >= 4 is 46.3 Å². The van der Waals surface area contributed by atoms with Gasteiger partial charge in [0.25, 0.3) is 5.91 Å². The molecule has 0 fully saturated rings. The first-order valence-corrected chi connectivity index (χ1v) is 7.15. The molecule has 2 heterocycles. The van der Waals surface area contributed by atoms with Crippen molar-refractivity contribution in [3.8, 4) is 0 Å². The van der Waals surface area contributed by atoms with E-state index < -0.39 is 6.03 Å². The molecule has 6 heteroatoms. The van der Waals surface area contributed by atoms with Gasteiger partial charge in [0, 0.05) is 26.7 Å². The zero-order chi connectivity index (χ0) is 15.0. The molecular formula is C15H13N3O2S. The largest absolute Gasteiger partial charge is 0.351 e. The SMILES string of the molecule is Cc1ccc(C=C2C(=O)Nc3ccc(NC(N)=O)cc32)s1. The highest BCUT2D eigenvalue weighted by molar-refractivity contribution is 7.12. The quantitative estimate of drug-likeness (QED) is 0.745. The van der Waals surface area contributed by atoms with Gasteiger partial charge in [-0.1, -0.05) is 0 Å². The fourth-order valence-electron chi connectivity index (χ4n) is 2.22. The number of aryl methyl sites for hydroxylation is 1. The Morgan fingerprint density at radius 1 is 1.33 bits per heavy atom. The Hall–Kier alpha value is -2.60. The fourth-order valence-corrected chi connectivity index (χ4v) is 3.05. The van der Waals surface area contributed by atoms with Gasteiger partial charge in [0.2, 0.25) is 0 Å². The first-order valence-electron chi connectivity index (χ1n) is 6.33. The van der Waals surface area contributed by atoms with Crippen molar-refractivity contribution in [2.75, 3.05) is 10.6 Å². The van der Waals surface area contributed by atoms with E-state index in [9.17, 15) is 9.59 Å². The number of anilines is 2. The van der Waals surface area contributed by atoms with Gasteiger partial charge in [-0.2, -0.15) is 0 Å². The summed E-state index contributed by atoms with van der Waals surface area (Å²) in [5.41, 5.74) is 7.75. The van der Waals surface area contributed by atoms with E-state index in [1.54, 1.807) is 29.5 Å². The molecule has 5 nitrogen and oxygen atoms in total. The molecule has 0 saturated carbocycles. The minimum absolute atomic E-state index is 0.146. The summed E-state index contributed by atoms with van der Waals surface area (Å²) in [6.07, 6.45) is 1.85. The van der Waals surface area contributed by atoms with Crippen LogP contribution in [-0.4, -0.2) is 11.9 Å². The van der Waals surface area contributed by atoms with Crippen molar-refractivity contribution in [2.45, 2.75) is 6.92 Å². The molecule has 0 bridgehead atoms. The van der Waals surface area contributed by atoms with E-state index in [2.05, 4.69) is 10.6 Å². The van der Waals surface area contributed by atoms with Crippen LogP contribution in [0.5, 0.6) is 0 Å². The summed E-state index contributed by atoms with van der Waals surface area (Å²) in [6.45, 7) is 2.02. The number of carbonyl (C=O) groups excluding carboxylic acids is 2. The molecule has 0 atom stereocenters. The zero-order valence-electron chi connectivity index (χ0n) is 11.3. The standard InChI is InChI=1S/C15H13N3O2S/c1-8-2-4-10(21-8)7-12-11-6-9(17-15(16)20)3-5-13(11)18-14(12)19/h2-7H,1H3,(H,18,19)(H3,16,17,20). The molecule has 2 aromatic rings. The van der Waals surface area contributed by atoms with Gasteiger partial charge >= 0.3 is 6.03 Å². The lowest BCUT2D eigenvalue weighted by atomic mass is 10.1. The summed E-state index contributed by atoms with van der Waals surface area (Å²) >= 11 is 1.62. The summed E-state index contributed by atoms with van der Waals surface area (Å²) in [5.74, 6) is -0.146. The van der Waals surface area contributed by atoms with E-state index in [1.807, 2.05) is 25.1 Å². The van der Waals surface area contributed by atoms with Gasteiger partial charge in [0.05, 0.1) is 5.57 Å². The Morgan fingerprint density at radius 2 is 2.14 bits per heavy atom. The van der Waals surface area contributed by atoms with E-state index >= 15 is 0 Å². The lowest BCUT2D eigenvalue weighted by Gasteiger charge is -2.04. The first-order chi connectivity index (χ1) is 10.0. The minimum atomic E-state index is -0.633. The normalized spacial score (nSPS) is 14.9. The molecule has 0 saturated heterocycles. The Morgan fingerprint density at radius 3 is 2.81 bits per heavy atom. The average Bonchev–Trinajstić information content (AvgIpc) is 2.95. The molecule has 3 rings (SSSR count). The van der Waals surface area contributed by atoms with Crippen LogP contribution < -0.4 is 16.4 Å². The second-order valence-corrected chi connectivity index (χ2v) is 6.03. The number of thiophene rings is 1. The molecule has 1 aliphatic heterocycles. The average molecular weight is 299 g/mol. The second-order valence-electron chi connectivity index (χ2n) is 4.71. The summed E-state index contributed by atoms with van der Waals surface area (Å²) in [5, 5.41) is 5.32. The van der Waals surface area contributed by atoms with E-state index in [0.717, 1.165) is 16.1 Å². The molecule has 106 valence electrons. The maximum Gasteiger partial charge on any atom is 0.316 e. The Bertz CT molecular complexity index is 777. The van der Waals surface area contributed by atoms with Crippen molar-refractivity contribution in [3.05, 3.63) is 45.6 Å². The number of rotatable bonds is 2. The number of urea groups is 1. The molecule has 0 spiro atoms. The van der Waals surface area contributed by atoms with Gasteiger partial charge < -0.3 is 16.4 Å². The van der Waals surface area contributed by atoms with Gasteiger partial charge in [0.15, 0.2) is 0 Å². The van der Waals surface area contributed by atoms with Gasteiger partial charge in [-0.25, -0.2) is 4.79 Å². The smallest absolute Gasteiger partial charge is 0.316 e. The molecule has 4 N–H and O–H groups in total. The first kappa shape index (κ1) is 13.4. The van der Waals surface area contributed by atoms with E-state index in [-0.39, 0.29) is 5.91 Å². The van der Waals surface area contributed by atoms with E-state index in [1.165, 1.54) is 4.88 Å². The molecule has 0 aliphatic carbocycles. The van der Waals surface area contributed by atoms with Gasteiger partial charge in [-0.15, -0.1) is 11.3 Å². The summed E-state index contributed by atoms with van der Waals surface area (Å²) in [7, 11) is 0. The number of carbonyl (C=O) groups is 2. The fraction of sp³-hybridized carbons (Fsp3) is 0.0667. The van der Waals surface area contributed by atoms with Gasteiger partial charge in [-0.3, -0.25) is 4.79 Å². The molecule has 1 aromatic carbocycles. The van der Waals surface area contributed by atoms with Crippen molar-refractivity contribution in [2.24, 2.45) is 5.73 Å². The van der Waals surface area contributed by atoms with Crippen molar-refractivity contribution < 1.29 is 9.59 Å². The number of hydrogen-bond acceptors (Lipinski definition) is 3. The zero-order valence-corrected chi connectivity index (χ0v) is 12.1. The molecule has 3 amide bonds. The van der Waals surface area contributed by atoms with Crippen LogP contribution in [0.4, 0.5) is 16.2 Å². The summed E-state index contributed by atoms with van der Waals surface area (Å²) < 4.78 is 0. The monoisotopic (exact) mass is 299 g/mol. The maximum atomic E-state index is 12.1. The number of benzene rings is 1.